The Kier molecular flexibility index (Phi) is 7.78. The highest BCUT2D eigenvalue weighted by atomic mass is 35.5. The Morgan fingerprint density at radius 3 is 2.04 bits per heavy atom. The van der Waals surface area contributed by atoms with Crippen LogP contribution in [0, 0.1) is 0 Å². The number of halogens is 1. The van der Waals surface area contributed by atoms with Gasteiger partial charge in [0.15, 0.2) is 0 Å². The highest BCUT2D eigenvalue weighted by Crippen LogP contribution is 2.61. The Hall–Kier alpha value is -2.18. The fourth-order valence-electron chi connectivity index (χ4n) is 2.73. The van der Waals surface area contributed by atoms with Gasteiger partial charge in [-0.25, -0.2) is 4.79 Å². The molecule has 0 radical (unpaired) electrons. The van der Waals surface area contributed by atoms with Crippen molar-refractivity contribution in [2.24, 2.45) is 0 Å². The molecule has 9 heteroatoms. The molecule has 0 aliphatic carbocycles. The standard InChI is InChI=1S/C19H21ClNO6P/c1-25-19(23)16(21-18(22)14-7-5-4-6-8-14)17(28(24,26-2)27-3)13-9-11-15(20)12-10-13/h4-12,16-17H,1-3H3,(H,21,22)/t16-,17-/m0/s1. The predicted octanol–water partition coefficient (Wildman–Crippen LogP) is 3.84. The Balaban J connectivity index is 2.52. The zero-order valence-electron chi connectivity index (χ0n) is 15.6. The third-order valence-electron chi connectivity index (χ3n) is 4.15. The minimum Gasteiger partial charge on any atom is -0.467 e. The molecule has 0 aliphatic rings. The van der Waals surface area contributed by atoms with Gasteiger partial charge in [-0.05, 0) is 29.8 Å². The van der Waals surface area contributed by atoms with Crippen LogP contribution < -0.4 is 5.32 Å². The second-order valence-corrected chi connectivity index (χ2v) is 8.54. The smallest absolute Gasteiger partial charge is 0.340 e. The van der Waals surface area contributed by atoms with Crippen molar-refractivity contribution in [2.75, 3.05) is 21.3 Å². The molecule has 1 N–H and O–H groups in total. The highest BCUT2D eigenvalue weighted by Gasteiger charge is 2.46. The van der Waals surface area contributed by atoms with Gasteiger partial charge in [0.2, 0.25) is 0 Å². The monoisotopic (exact) mass is 425 g/mol. The van der Waals surface area contributed by atoms with Crippen LogP contribution in [0.2, 0.25) is 5.02 Å². The van der Waals surface area contributed by atoms with Gasteiger partial charge in [-0.2, -0.15) is 0 Å². The first kappa shape index (κ1) is 22.1. The summed E-state index contributed by atoms with van der Waals surface area (Å²) in [6.07, 6.45) is 0. The van der Waals surface area contributed by atoms with Gasteiger partial charge in [-0.3, -0.25) is 9.36 Å². The molecule has 0 heterocycles. The summed E-state index contributed by atoms with van der Waals surface area (Å²) in [7, 11) is -0.266. The van der Waals surface area contributed by atoms with Gasteiger partial charge in [-0.1, -0.05) is 41.9 Å². The number of methoxy groups -OCH3 is 1. The number of nitrogens with one attached hydrogen (secondary N) is 1. The summed E-state index contributed by atoms with van der Waals surface area (Å²) in [4.78, 5) is 25.2. The molecule has 2 rings (SSSR count). The molecule has 0 saturated carbocycles. The van der Waals surface area contributed by atoms with Crippen LogP contribution in [0.5, 0.6) is 0 Å². The predicted molar refractivity (Wildman–Crippen MR) is 106 cm³/mol. The van der Waals surface area contributed by atoms with Gasteiger partial charge in [0, 0.05) is 24.8 Å². The second kappa shape index (κ2) is 9.85. The van der Waals surface area contributed by atoms with Crippen molar-refractivity contribution in [2.45, 2.75) is 11.7 Å². The molecule has 1 amide bonds. The van der Waals surface area contributed by atoms with Gasteiger partial charge in [-0.15, -0.1) is 0 Å². The van der Waals surface area contributed by atoms with E-state index in [2.05, 4.69) is 5.32 Å². The Bertz CT molecular complexity index is 850. The number of hydrogen-bond acceptors (Lipinski definition) is 6. The van der Waals surface area contributed by atoms with Crippen LogP contribution in [0.1, 0.15) is 21.6 Å². The molecule has 0 bridgehead atoms. The summed E-state index contributed by atoms with van der Waals surface area (Å²) in [5.74, 6) is -1.33. The number of carbonyl (C=O) groups is 2. The molecule has 0 aliphatic heterocycles. The number of amides is 1. The van der Waals surface area contributed by atoms with Crippen LogP contribution in [-0.2, 0) is 23.1 Å². The molecule has 0 aromatic heterocycles. The van der Waals surface area contributed by atoms with E-state index in [-0.39, 0.29) is 0 Å². The first-order chi connectivity index (χ1) is 13.4. The number of hydrogen-bond donors (Lipinski definition) is 1. The fourth-order valence-corrected chi connectivity index (χ4v) is 4.56. The lowest BCUT2D eigenvalue weighted by Gasteiger charge is -2.30. The summed E-state index contributed by atoms with van der Waals surface area (Å²) in [6, 6.07) is 13.3. The minimum atomic E-state index is -3.86. The van der Waals surface area contributed by atoms with E-state index in [9.17, 15) is 14.2 Å². The summed E-state index contributed by atoms with van der Waals surface area (Å²) in [5, 5.41) is 3.05. The molecular weight excluding hydrogens is 405 g/mol. The van der Waals surface area contributed by atoms with Gasteiger partial charge in [0.05, 0.1) is 7.11 Å². The third kappa shape index (κ3) is 5.00. The normalized spacial score (nSPS) is 13.4. The molecule has 150 valence electrons. The zero-order chi connectivity index (χ0) is 20.7. The van der Waals surface area contributed by atoms with E-state index in [1.165, 1.54) is 21.3 Å². The first-order valence-corrected chi connectivity index (χ1v) is 10.3. The number of rotatable bonds is 8. The Morgan fingerprint density at radius 2 is 1.54 bits per heavy atom. The largest absolute Gasteiger partial charge is 0.467 e. The van der Waals surface area contributed by atoms with Crippen LogP contribution in [0.4, 0.5) is 0 Å². The van der Waals surface area contributed by atoms with E-state index in [0.29, 0.717) is 16.1 Å². The number of carbonyl (C=O) groups excluding carboxylic acids is 2. The van der Waals surface area contributed by atoms with Crippen LogP contribution in [0.3, 0.4) is 0 Å². The van der Waals surface area contributed by atoms with Gasteiger partial charge in [0.1, 0.15) is 11.7 Å². The molecule has 2 aromatic carbocycles. The van der Waals surface area contributed by atoms with Gasteiger partial charge in [0.25, 0.3) is 5.91 Å². The van der Waals surface area contributed by atoms with Crippen molar-refractivity contribution in [3.63, 3.8) is 0 Å². The van der Waals surface area contributed by atoms with Crippen LogP contribution in [0.15, 0.2) is 54.6 Å². The number of ether oxygens (including phenoxy) is 1. The van der Waals surface area contributed by atoms with Gasteiger partial charge >= 0.3 is 13.6 Å². The minimum absolute atomic E-state index is 0.330. The molecular formula is C19H21ClNO6P. The van der Waals surface area contributed by atoms with Crippen molar-refractivity contribution in [3.05, 3.63) is 70.7 Å². The maximum atomic E-state index is 13.3. The maximum Gasteiger partial charge on any atom is 0.340 e. The summed E-state index contributed by atoms with van der Waals surface area (Å²) in [5.41, 5.74) is -0.393. The lowest BCUT2D eigenvalue weighted by atomic mass is 10.0. The fraction of sp³-hybridized carbons (Fsp3) is 0.263. The van der Waals surface area contributed by atoms with E-state index in [1.807, 2.05) is 0 Å². The summed E-state index contributed by atoms with van der Waals surface area (Å²) < 4.78 is 28.4. The quantitative estimate of drug-likeness (QED) is 0.510. The highest BCUT2D eigenvalue weighted by molar-refractivity contribution is 7.54. The molecule has 0 unspecified atom stereocenters. The molecule has 2 aromatic rings. The van der Waals surface area contributed by atoms with E-state index < -0.39 is 31.2 Å². The maximum absolute atomic E-state index is 13.3. The zero-order valence-corrected chi connectivity index (χ0v) is 17.3. The molecule has 0 saturated heterocycles. The lowest BCUT2D eigenvalue weighted by Crippen LogP contribution is -2.45. The Morgan fingerprint density at radius 1 is 0.964 bits per heavy atom. The Labute approximate surface area is 168 Å². The van der Waals surface area contributed by atoms with E-state index >= 15 is 0 Å². The molecule has 7 nitrogen and oxygen atoms in total. The van der Waals surface area contributed by atoms with E-state index in [4.69, 9.17) is 25.4 Å². The third-order valence-corrected chi connectivity index (χ3v) is 6.70. The van der Waals surface area contributed by atoms with Crippen molar-refractivity contribution in [1.82, 2.24) is 5.32 Å². The van der Waals surface area contributed by atoms with Gasteiger partial charge < -0.3 is 19.1 Å². The average molecular weight is 426 g/mol. The summed E-state index contributed by atoms with van der Waals surface area (Å²) >= 11 is 5.94. The van der Waals surface area contributed by atoms with Crippen LogP contribution in [-0.4, -0.2) is 39.2 Å². The van der Waals surface area contributed by atoms with Crippen LogP contribution in [0.25, 0.3) is 0 Å². The molecule has 28 heavy (non-hydrogen) atoms. The van der Waals surface area contributed by atoms with Crippen molar-refractivity contribution < 1.29 is 27.9 Å². The van der Waals surface area contributed by atoms with Crippen molar-refractivity contribution in [1.29, 1.82) is 0 Å². The lowest BCUT2D eigenvalue weighted by molar-refractivity contribution is -0.143. The summed E-state index contributed by atoms with van der Waals surface area (Å²) in [6.45, 7) is 0. The first-order valence-electron chi connectivity index (χ1n) is 8.26. The average Bonchev–Trinajstić information content (AvgIpc) is 2.74. The van der Waals surface area contributed by atoms with Crippen molar-refractivity contribution >= 4 is 31.1 Å². The number of esters is 1. The number of benzene rings is 2. The van der Waals surface area contributed by atoms with E-state index in [0.717, 1.165) is 0 Å². The second-order valence-electron chi connectivity index (χ2n) is 5.74. The van der Waals surface area contributed by atoms with Crippen LogP contribution >= 0.6 is 19.2 Å². The topological polar surface area (TPSA) is 90.9 Å². The molecule has 0 fully saturated rings. The SMILES string of the molecule is COC(=O)[C@@H](NC(=O)c1ccccc1)[C@H](c1ccc(Cl)cc1)P(=O)(OC)OC. The van der Waals surface area contributed by atoms with Crippen molar-refractivity contribution in [3.8, 4) is 0 Å². The van der Waals surface area contributed by atoms with E-state index in [1.54, 1.807) is 54.6 Å². The molecule has 0 spiro atoms. The molecule has 2 atom stereocenters.